The lowest BCUT2D eigenvalue weighted by Gasteiger charge is -2.00. The van der Waals surface area contributed by atoms with Crippen LogP contribution in [0.1, 0.15) is 205 Å². The van der Waals surface area contributed by atoms with Crippen LogP contribution in [-0.2, 0) is 6.42 Å². The maximum Gasteiger partial charge on any atom is -0.00258 e. The Labute approximate surface area is 437 Å². The van der Waals surface area contributed by atoms with Gasteiger partial charge in [-0.3, -0.25) is 0 Å². The van der Waals surface area contributed by atoms with Crippen LogP contribution in [0.3, 0.4) is 0 Å². The molecule has 0 aliphatic heterocycles. The van der Waals surface area contributed by atoms with Crippen molar-refractivity contribution in [1.82, 2.24) is 0 Å². The molecule has 0 saturated heterocycles. The van der Waals surface area contributed by atoms with Crippen LogP contribution in [-0.4, -0.2) is 0 Å². The summed E-state index contributed by atoms with van der Waals surface area (Å²) in [6.07, 6.45) is 1.03. The Hall–Kier alpha value is -5.20. The molecule has 0 radical (unpaired) electrons. The lowest BCUT2D eigenvalue weighted by atomic mass is 10.1. The van der Waals surface area contributed by atoms with Gasteiger partial charge >= 0.3 is 0 Å². The molecule has 0 aliphatic rings. The number of hydrogen-bond acceptors (Lipinski definition) is 0. The first-order valence-electron chi connectivity index (χ1n) is 28.0. The molecule has 0 heterocycles. The lowest BCUT2D eigenvalue weighted by Crippen LogP contribution is -1.85. The Morgan fingerprint density at radius 2 is 0.290 bits per heavy atom. The van der Waals surface area contributed by atoms with Gasteiger partial charge in [-0.15, -0.1) is 0 Å². The Bertz CT molecular complexity index is 1440. The van der Waals surface area contributed by atoms with E-state index >= 15 is 0 Å². The topological polar surface area (TPSA) is 0 Å². The molecule has 0 saturated carbocycles. The molecule has 0 fully saturated rings. The van der Waals surface area contributed by atoms with Gasteiger partial charge in [0.2, 0.25) is 0 Å². The summed E-state index contributed by atoms with van der Waals surface area (Å²) in [6.45, 7) is 56.0. The Morgan fingerprint density at radius 3 is 0.464 bits per heavy atom. The van der Waals surface area contributed by atoms with Crippen LogP contribution in [0.4, 0.5) is 0 Å². The monoisotopic (exact) mass is 949 g/mol. The van der Waals surface area contributed by atoms with Gasteiger partial charge in [-0.2, -0.15) is 0 Å². The first-order valence-corrected chi connectivity index (χ1v) is 28.0. The van der Waals surface area contributed by atoms with E-state index in [1.54, 1.807) is 0 Å². The van der Waals surface area contributed by atoms with Crippen molar-refractivity contribution in [2.24, 2.45) is 0 Å². The van der Waals surface area contributed by atoms with Crippen molar-refractivity contribution in [2.75, 3.05) is 0 Å². The van der Waals surface area contributed by atoms with Crippen molar-refractivity contribution in [3.8, 4) is 11.1 Å². The van der Waals surface area contributed by atoms with Crippen LogP contribution in [0.5, 0.6) is 0 Å². The average Bonchev–Trinajstić information content (AvgIpc) is 3.52. The van der Waals surface area contributed by atoms with E-state index in [-0.39, 0.29) is 0 Å². The van der Waals surface area contributed by atoms with E-state index < -0.39 is 0 Å². The maximum absolute atomic E-state index is 2.16. The van der Waals surface area contributed by atoms with E-state index in [2.05, 4.69) is 158 Å². The highest BCUT2D eigenvalue weighted by molar-refractivity contribution is 5.82. The van der Waals surface area contributed by atoms with Crippen LogP contribution in [0.25, 0.3) is 21.9 Å². The molecule has 0 N–H and O–H groups in total. The van der Waals surface area contributed by atoms with E-state index in [9.17, 15) is 0 Å². The highest BCUT2D eigenvalue weighted by Crippen LogP contribution is 2.17. The van der Waals surface area contributed by atoms with Crippen molar-refractivity contribution >= 4 is 10.8 Å². The highest BCUT2D eigenvalue weighted by Gasteiger charge is 1.93. The highest BCUT2D eigenvalue weighted by atomic mass is 14.0. The predicted molar refractivity (Wildman–Crippen MR) is 337 cm³/mol. The molecule has 0 atom stereocenters. The van der Waals surface area contributed by atoms with Crippen LogP contribution in [0, 0.1) is 0 Å². The molecule has 7 rings (SSSR count). The quantitative estimate of drug-likeness (QED) is 0.166. The molecule has 0 unspecified atom stereocenters. The second-order valence-corrected chi connectivity index (χ2v) is 9.38. The third kappa shape index (κ3) is 67.1. The third-order valence-electron chi connectivity index (χ3n) is 6.30. The Morgan fingerprint density at radius 1 is 0.159 bits per heavy atom. The molecule has 0 amide bonds. The maximum atomic E-state index is 2.16. The van der Waals surface area contributed by atoms with Crippen molar-refractivity contribution in [2.45, 2.75) is 200 Å². The molecule has 69 heavy (non-hydrogen) atoms. The first kappa shape index (κ1) is 90.3. The minimum absolute atomic E-state index is 1.03. The second-order valence-electron chi connectivity index (χ2n) is 9.38. The Kier molecular flexibility index (Phi) is 137. The molecular formula is C69H120. The summed E-state index contributed by atoms with van der Waals surface area (Å²) < 4.78 is 0. The number of fused-ring (bicyclic) bond motifs is 1. The fraction of sp³-hybridized carbons (Fsp3) is 0.420. The van der Waals surface area contributed by atoms with Crippen LogP contribution in [0.15, 0.2) is 206 Å². The lowest BCUT2D eigenvalue weighted by molar-refractivity contribution is 1.19. The van der Waals surface area contributed by atoms with Crippen molar-refractivity contribution in [1.29, 1.82) is 0 Å². The number of rotatable bonds is 3. The van der Waals surface area contributed by atoms with E-state index in [0.29, 0.717) is 0 Å². The third-order valence-corrected chi connectivity index (χ3v) is 6.30. The van der Waals surface area contributed by atoms with Crippen molar-refractivity contribution in [3.63, 3.8) is 0 Å². The molecule has 0 nitrogen and oxygen atoms in total. The number of benzene rings is 7. The minimum Gasteiger partial charge on any atom is -0.0683 e. The summed E-state index contributed by atoms with van der Waals surface area (Å²) in [5.41, 5.74) is 5.29. The SMILES string of the molecule is CC.CC.CC.CC.CC.CC.CC.CC.CC.CC.CC.CC.CC.CC.c1ccc(-c2ccccc2)cc1.c1ccc(Cc2ccccc2)cc1.c1ccc2ccccc2c1.c1ccccc1. The van der Waals surface area contributed by atoms with Crippen LogP contribution in [0.2, 0.25) is 0 Å². The van der Waals surface area contributed by atoms with Gasteiger partial charge in [-0.25, -0.2) is 0 Å². The summed E-state index contributed by atoms with van der Waals surface area (Å²) in [6, 6.07) is 70.6. The summed E-state index contributed by atoms with van der Waals surface area (Å²) in [7, 11) is 0. The van der Waals surface area contributed by atoms with Gasteiger partial charge in [-0.1, -0.05) is 400 Å². The fourth-order valence-electron chi connectivity index (χ4n) is 4.21. The number of hydrogen-bond donors (Lipinski definition) is 0. The molecular weight excluding hydrogens is 829 g/mol. The summed E-state index contributed by atoms with van der Waals surface area (Å²) in [5.74, 6) is 0. The first-order chi connectivity index (χ1) is 34.4. The smallest absolute Gasteiger partial charge is 0.00258 e. The zero-order valence-electron chi connectivity index (χ0n) is 51.3. The van der Waals surface area contributed by atoms with Gasteiger partial charge in [0.25, 0.3) is 0 Å². The zero-order chi connectivity index (χ0) is 56.2. The van der Waals surface area contributed by atoms with Crippen LogP contribution < -0.4 is 0 Å². The zero-order valence-corrected chi connectivity index (χ0v) is 51.3. The van der Waals surface area contributed by atoms with Crippen molar-refractivity contribution in [3.05, 3.63) is 217 Å². The predicted octanol–water partition coefficient (Wildman–Crippen LogP) is 25.5. The molecule has 0 spiro atoms. The standard InChI is InChI=1S/C13H12.C12H10.C10H8.C6H6.14C2H6/c1-3-7-12(8-4-1)11-13-9-5-2-6-10-13;1-3-7-11(8-4-1)12-9-5-2-6-10-12;1-2-6-10-8-4-3-7-9(10)5-1;1-2-4-6-5-3-1;14*1-2/h1-10H,11H2;1-10H;1-8H;1-6H;14*1-2H3. The summed E-state index contributed by atoms with van der Waals surface area (Å²) in [5, 5.41) is 2.62. The minimum atomic E-state index is 1.03. The van der Waals surface area contributed by atoms with Crippen molar-refractivity contribution < 1.29 is 0 Å². The van der Waals surface area contributed by atoms with E-state index in [4.69, 9.17) is 0 Å². The largest absolute Gasteiger partial charge is 0.0683 e. The summed E-state index contributed by atoms with van der Waals surface area (Å²) >= 11 is 0. The normalized spacial score (nSPS) is 6.90. The van der Waals surface area contributed by atoms with Gasteiger partial charge in [0, 0.05) is 0 Å². The molecule has 7 aromatic rings. The molecule has 0 heteroatoms. The molecule has 0 aliphatic carbocycles. The fourth-order valence-corrected chi connectivity index (χ4v) is 4.21. The average molecular weight is 950 g/mol. The molecule has 396 valence electrons. The summed E-state index contributed by atoms with van der Waals surface area (Å²) in [4.78, 5) is 0. The molecule has 7 aromatic carbocycles. The van der Waals surface area contributed by atoms with E-state index in [1.165, 1.54) is 33.0 Å². The second kappa shape index (κ2) is 105. The van der Waals surface area contributed by atoms with Crippen LogP contribution >= 0.6 is 0 Å². The van der Waals surface area contributed by atoms with Gasteiger partial charge in [-0.05, 0) is 39.4 Å². The van der Waals surface area contributed by atoms with E-state index in [1.807, 2.05) is 242 Å². The van der Waals surface area contributed by atoms with Gasteiger partial charge in [0.05, 0.1) is 0 Å². The Balaban J connectivity index is -0.0000000624. The van der Waals surface area contributed by atoms with E-state index in [0.717, 1.165) is 6.42 Å². The van der Waals surface area contributed by atoms with Gasteiger partial charge in [0.15, 0.2) is 0 Å². The molecule has 0 aromatic heterocycles. The van der Waals surface area contributed by atoms with Gasteiger partial charge in [0.1, 0.15) is 0 Å². The molecule has 0 bridgehead atoms. The van der Waals surface area contributed by atoms with Gasteiger partial charge < -0.3 is 0 Å².